The molecule has 0 aliphatic carbocycles. The van der Waals surface area contributed by atoms with Crippen molar-refractivity contribution in [2.24, 2.45) is 0 Å². The molecule has 0 spiro atoms. The van der Waals surface area contributed by atoms with E-state index in [1.54, 1.807) is 21.5 Å². The quantitative estimate of drug-likeness (QED) is 0.536. The summed E-state index contributed by atoms with van der Waals surface area (Å²) in [5, 5.41) is 3.31. The zero-order valence-corrected chi connectivity index (χ0v) is 17.6. The number of pyridine rings is 1. The van der Waals surface area contributed by atoms with Crippen LogP contribution in [-0.2, 0) is 0 Å². The van der Waals surface area contributed by atoms with Gasteiger partial charge in [-0.3, -0.25) is 9.36 Å². The van der Waals surface area contributed by atoms with Gasteiger partial charge in [0.05, 0.1) is 17.5 Å². The van der Waals surface area contributed by atoms with Gasteiger partial charge in [0.1, 0.15) is 4.70 Å². The van der Waals surface area contributed by atoms with Crippen LogP contribution < -0.4 is 10.9 Å². The summed E-state index contributed by atoms with van der Waals surface area (Å²) in [6.07, 6.45) is 7.13. The maximum absolute atomic E-state index is 14.4. The SMILES string of the molecule is CC.Cc1cn2cc(-c3cc4ncn(C5CCNCC5)c(=O)c4s3)cc(F)c2n1. The summed E-state index contributed by atoms with van der Waals surface area (Å²) in [7, 11) is 0. The van der Waals surface area contributed by atoms with Crippen molar-refractivity contribution in [3.05, 3.63) is 52.7 Å². The molecule has 29 heavy (non-hydrogen) atoms. The third kappa shape index (κ3) is 3.58. The molecule has 8 heteroatoms. The van der Waals surface area contributed by atoms with Gasteiger partial charge in [-0.1, -0.05) is 13.8 Å². The van der Waals surface area contributed by atoms with Gasteiger partial charge in [-0.25, -0.2) is 14.4 Å². The van der Waals surface area contributed by atoms with Crippen molar-refractivity contribution in [2.45, 2.75) is 39.7 Å². The number of hydrogen-bond acceptors (Lipinski definition) is 5. The number of nitrogens with zero attached hydrogens (tertiary/aromatic N) is 4. The van der Waals surface area contributed by atoms with E-state index in [9.17, 15) is 9.18 Å². The molecule has 1 aliphatic heterocycles. The van der Waals surface area contributed by atoms with E-state index in [0.717, 1.165) is 36.5 Å². The van der Waals surface area contributed by atoms with E-state index in [4.69, 9.17) is 0 Å². The first-order chi connectivity index (χ1) is 14.1. The summed E-state index contributed by atoms with van der Waals surface area (Å²) >= 11 is 1.37. The predicted molar refractivity (Wildman–Crippen MR) is 115 cm³/mol. The first-order valence-corrected chi connectivity index (χ1v) is 10.8. The van der Waals surface area contributed by atoms with Gasteiger partial charge >= 0.3 is 0 Å². The van der Waals surface area contributed by atoms with Gasteiger partial charge in [0, 0.05) is 28.9 Å². The number of rotatable bonds is 2. The number of halogens is 1. The summed E-state index contributed by atoms with van der Waals surface area (Å²) in [5.74, 6) is -0.377. The Morgan fingerprint density at radius 1 is 1.21 bits per heavy atom. The highest BCUT2D eigenvalue weighted by molar-refractivity contribution is 7.22. The van der Waals surface area contributed by atoms with Gasteiger partial charge in [-0.15, -0.1) is 11.3 Å². The number of thiophene rings is 1. The normalized spacial score (nSPS) is 14.9. The fraction of sp³-hybridized carbons (Fsp3) is 0.381. The Labute approximate surface area is 172 Å². The number of aromatic nitrogens is 4. The predicted octanol–water partition coefficient (Wildman–Crippen LogP) is 4.17. The molecule has 4 aromatic rings. The van der Waals surface area contributed by atoms with Gasteiger partial charge in [0.2, 0.25) is 0 Å². The van der Waals surface area contributed by atoms with Crippen LogP contribution in [0.25, 0.3) is 26.3 Å². The second kappa shape index (κ2) is 8.04. The molecule has 4 aromatic heterocycles. The molecule has 0 atom stereocenters. The van der Waals surface area contributed by atoms with Crippen LogP contribution >= 0.6 is 11.3 Å². The van der Waals surface area contributed by atoms with Crippen molar-refractivity contribution in [1.82, 2.24) is 24.3 Å². The van der Waals surface area contributed by atoms with Crippen molar-refractivity contribution >= 4 is 27.2 Å². The van der Waals surface area contributed by atoms with Crippen LogP contribution in [0.15, 0.2) is 35.6 Å². The van der Waals surface area contributed by atoms with Gasteiger partial charge < -0.3 is 9.72 Å². The molecular formula is C21H24FN5OS. The van der Waals surface area contributed by atoms with Crippen LogP contribution in [0.4, 0.5) is 4.39 Å². The summed E-state index contributed by atoms with van der Waals surface area (Å²) in [5.41, 5.74) is 2.43. The minimum Gasteiger partial charge on any atom is -0.317 e. The van der Waals surface area contributed by atoms with Crippen LogP contribution in [0.3, 0.4) is 0 Å². The Hall–Kier alpha value is -2.58. The molecule has 0 saturated carbocycles. The van der Waals surface area contributed by atoms with Gasteiger partial charge in [0.25, 0.3) is 5.56 Å². The van der Waals surface area contributed by atoms with Crippen LogP contribution in [0.5, 0.6) is 0 Å². The largest absolute Gasteiger partial charge is 0.317 e. The highest BCUT2D eigenvalue weighted by Crippen LogP contribution is 2.32. The lowest BCUT2D eigenvalue weighted by Crippen LogP contribution is -2.34. The topological polar surface area (TPSA) is 64.2 Å². The van der Waals surface area contributed by atoms with Crippen LogP contribution in [0.1, 0.15) is 38.4 Å². The maximum Gasteiger partial charge on any atom is 0.271 e. The minimum absolute atomic E-state index is 0.0109. The van der Waals surface area contributed by atoms with Crippen molar-refractivity contribution < 1.29 is 4.39 Å². The number of fused-ring (bicyclic) bond motifs is 2. The van der Waals surface area contributed by atoms with Gasteiger partial charge in [0.15, 0.2) is 11.5 Å². The number of nitrogens with one attached hydrogen (secondary N) is 1. The Morgan fingerprint density at radius 3 is 2.72 bits per heavy atom. The Morgan fingerprint density at radius 2 is 1.97 bits per heavy atom. The molecule has 0 unspecified atom stereocenters. The highest BCUT2D eigenvalue weighted by Gasteiger charge is 2.19. The first kappa shape index (κ1) is 19.7. The van der Waals surface area contributed by atoms with E-state index in [0.29, 0.717) is 21.4 Å². The van der Waals surface area contributed by atoms with E-state index in [1.807, 2.05) is 33.0 Å². The van der Waals surface area contributed by atoms with Crippen LogP contribution in [0.2, 0.25) is 0 Å². The molecule has 152 valence electrons. The number of hydrogen-bond donors (Lipinski definition) is 1. The monoisotopic (exact) mass is 413 g/mol. The van der Waals surface area contributed by atoms with Crippen molar-refractivity contribution in [2.75, 3.05) is 13.1 Å². The summed E-state index contributed by atoms with van der Waals surface area (Å²) in [6.45, 7) is 7.65. The smallest absolute Gasteiger partial charge is 0.271 e. The van der Waals surface area contributed by atoms with Crippen molar-refractivity contribution in [3.8, 4) is 10.4 Å². The standard InChI is InChI=1S/C19H18FN5OS.C2H6/c1-11-8-24-9-12(6-14(20)18(24)23-11)16-7-15-17(27-16)19(26)25(10-22-15)13-2-4-21-5-3-13;1-2/h6-10,13,21H,2-5H2,1H3;1-2H3. The first-order valence-electron chi connectivity index (χ1n) is 9.97. The lowest BCUT2D eigenvalue weighted by molar-refractivity contribution is 0.359. The second-order valence-corrected chi connectivity index (χ2v) is 8.01. The lowest BCUT2D eigenvalue weighted by Gasteiger charge is -2.24. The molecule has 1 aliphatic rings. The van der Waals surface area contributed by atoms with Crippen molar-refractivity contribution in [3.63, 3.8) is 0 Å². The van der Waals surface area contributed by atoms with E-state index in [2.05, 4.69) is 15.3 Å². The Bertz CT molecular complexity index is 1220. The zero-order chi connectivity index (χ0) is 20.5. The fourth-order valence-electron chi connectivity index (χ4n) is 3.73. The van der Waals surface area contributed by atoms with Crippen molar-refractivity contribution in [1.29, 1.82) is 0 Å². The number of aryl methyl sites for hydroxylation is 1. The van der Waals surface area contributed by atoms with E-state index in [1.165, 1.54) is 17.4 Å². The fourth-order valence-corrected chi connectivity index (χ4v) is 4.75. The summed E-state index contributed by atoms with van der Waals surface area (Å²) < 4.78 is 18.5. The molecule has 0 amide bonds. The molecule has 6 nitrogen and oxygen atoms in total. The highest BCUT2D eigenvalue weighted by atomic mass is 32.1. The number of piperidine rings is 1. The van der Waals surface area contributed by atoms with Crippen LogP contribution in [0, 0.1) is 12.7 Å². The van der Waals surface area contributed by atoms with E-state index in [-0.39, 0.29) is 17.4 Å². The Balaban J connectivity index is 0.000000994. The summed E-state index contributed by atoms with van der Waals surface area (Å²) in [6, 6.07) is 3.51. The van der Waals surface area contributed by atoms with Crippen LogP contribution in [-0.4, -0.2) is 32.0 Å². The van der Waals surface area contributed by atoms with Gasteiger partial charge in [-0.2, -0.15) is 0 Å². The summed E-state index contributed by atoms with van der Waals surface area (Å²) in [4.78, 5) is 22.5. The molecule has 5 rings (SSSR count). The third-order valence-corrected chi connectivity index (χ3v) is 6.24. The maximum atomic E-state index is 14.4. The molecule has 0 radical (unpaired) electrons. The molecular weight excluding hydrogens is 389 g/mol. The molecule has 0 bridgehead atoms. The molecule has 1 fully saturated rings. The average molecular weight is 414 g/mol. The lowest BCUT2D eigenvalue weighted by atomic mass is 10.1. The average Bonchev–Trinajstić information content (AvgIpc) is 3.34. The second-order valence-electron chi connectivity index (χ2n) is 6.95. The minimum atomic E-state index is -0.377. The third-order valence-electron chi connectivity index (χ3n) is 5.08. The number of imidazole rings is 1. The van der Waals surface area contributed by atoms with Gasteiger partial charge in [-0.05, 0) is 45.0 Å². The molecule has 0 aromatic carbocycles. The molecule has 1 saturated heterocycles. The Kier molecular flexibility index (Phi) is 5.47. The molecule has 5 heterocycles. The molecule has 1 N–H and O–H groups in total. The zero-order valence-electron chi connectivity index (χ0n) is 16.8. The van der Waals surface area contributed by atoms with E-state index >= 15 is 0 Å². The van der Waals surface area contributed by atoms with E-state index < -0.39 is 0 Å².